The van der Waals surface area contributed by atoms with Crippen LogP contribution < -0.4 is 5.32 Å². The van der Waals surface area contributed by atoms with Crippen LogP contribution in [0.2, 0.25) is 0 Å². The second kappa shape index (κ2) is 6.79. The Morgan fingerprint density at radius 3 is 2.35 bits per heavy atom. The van der Waals surface area contributed by atoms with Crippen molar-refractivity contribution in [2.75, 3.05) is 0 Å². The van der Waals surface area contributed by atoms with E-state index >= 15 is 0 Å². The summed E-state index contributed by atoms with van der Waals surface area (Å²) < 4.78 is 1.98. The van der Waals surface area contributed by atoms with Crippen molar-refractivity contribution in [1.29, 1.82) is 0 Å². The summed E-state index contributed by atoms with van der Waals surface area (Å²) in [6.07, 6.45) is 0.904. The van der Waals surface area contributed by atoms with E-state index in [1.165, 1.54) is 0 Å². The molecule has 0 aliphatic rings. The fourth-order valence-electron chi connectivity index (χ4n) is 2.42. The normalized spacial score (nSPS) is 10.4. The molecule has 5 heteroatoms. The Balaban J connectivity index is 1.91. The smallest absolute Gasteiger partial charge is 0.405 e. The van der Waals surface area contributed by atoms with Crippen LogP contribution in [-0.4, -0.2) is 20.8 Å². The number of nitrogens with one attached hydrogen (secondary N) is 1. The van der Waals surface area contributed by atoms with Crippen molar-refractivity contribution in [2.24, 2.45) is 0 Å². The maximum Gasteiger partial charge on any atom is 0.405 e. The third-order valence-electron chi connectivity index (χ3n) is 3.52. The zero-order valence-corrected chi connectivity index (χ0v) is 12.5. The average Bonchev–Trinajstić information content (AvgIpc) is 2.97. The van der Waals surface area contributed by atoms with E-state index in [2.05, 4.69) is 10.3 Å². The van der Waals surface area contributed by atoms with E-state index in [4.69, 9.17) is 5.11 Å². The van der Waals surface area contributed by atoms with Crippen LogP contribution in [0, 0.1) is 0 Å². The first-order valence-electron chi connectivity index (χ1n) is 7.34. The largest absolute Gasteiger partial charge is 0.465 e. The molecule has 1 heterocycles. The summed E-state index contributed by atoms with van der Waals surface area (Å²) in [5.74, 6) is 0.690. The lowest BCUT2D eigenvalue weighted by molar-refractivity contribution is 0.193. The van der Waals surface area contributed by atoms with Crippen LogP contribution in [0.25, 0.3) is 11.3 Å². The molecule has 2 N–H and O–H groups in total. The van der Waals surface area contributed by atoms with Gasteiger partial charge in [0, 0.05) is 18.3 Å². The number of nitrogens with zero attached hydrogens (tertiary/aromatic N) is 2. The lowest BCUT2D eigenvalue weighted by atomic mass is 10.2. The molecule has 0 saturated heterocycles. The Labute approximate surface area is 134 Å². The van der Waals surface area contributed by atoms with Gasteiger partial charge in [0.05, 0.1) is 12.2 Å². The Morgan fingerprint density at radius 1 is 1.04 bits per heavy atom. The van der Waals surface area contributed by atoms with Gasteiger partial charge in [-0.25, -0.2) is 9.78 Å². The minimum atomic E-state index is -1.06. The molecule has 0 atom stereocenters. The van der Waals surface area contributed by atoms with E-state index in [0.717, 1.165) is 16.8 Å². The van der Waals surface area contributed by atoms with E-state index < -0.39 is 6.09 Å². The van der Waals surface area contributed by atoms with Gasteiger partial charge in [0.25, 0.3) is 0 Å². The van der Waals surface area contributed by atoms with Gasteiger partial charge in [-0.05, 0) is 5.56 Å². The number of benzene rings is 2. The Morgan fingerprint density at radius 2 is 1.70 bits per heavy atom. The quantitative estimate of drug-likeness (QED) is 0.759. The lowest BCUT2D eigenvalue weighted by Gasteiger charge is -2.07. The molecule has 3 aromatic rings. The molecule has 0 unspecified atom stereocenters. The van der Waals surface area contributed by atoms with Crippen molar-refractivity contribution in [3.8, 4) is 11.3 Å². The van der Waals surface area contributed by atoms with Crippen molar-refractivity contribution in [2.45, 2.75) is 13.1 Å². The van der Waals surface area contributed by atoms with Gasteiger partial charge >= 0.3 is 6.09 Å². The Bertz CT molecular complexity index is 783. The zero-order valence-electron chi connectivity index (χ0n) is 12.5. The van der Waals surface area contributed by atoms with Gasteiger partial charge in [-0.1, -0.05) is 60.7 Å². The number of imidazole rings is 1. The third kappa shape index (κ3) is 3.77. The maximum atomic E-state index is 10.8. The van der Waals surface area contributed by atoms with Crippen molar-refractivity contribution in [1.82, 2.24) is 14.9 Å². The second-order valence-electron chi connectivity index (χ2n) is 5.18. The summed E-state index contributed by atoms with van der Waals surface area (Å²) in [5.41, 5.74) is 2.99. The average molecular weight is 307 g/mol. The van der Waals surface area contributed by atoms with E-state index in [9.17, 15) is 4.79 Å². The van der Waals surface area contributed by atoms with Crippen LogP contribution in [0.5, 0.6) is 0 Å². The molecule has 1 amide bonds. The van der Waals surface area contributed by atoms with Crippen molar-refractivity contribution in [3.05, 3.63) is 78.2 Å². The summed E-state index contributed by atoms with van der Waals surface area (Å²) in [7, 11) is 0. The number of amides is 1. The van der Waals surface area contributed by atoms with Crippen molar-refractivity contribution in [3.63, 3.8) is 0 Å². The van der Waals surface area contributed by atoms with Gasteiger partial charge in [0.15, 0.2) is 0 Å². The van der Waals surface area contributed by atoms with Crippen LogP contribution in [0.4, 0.5) is 4.79 Å². The molecular weight excluding hydrogens is 290 g/mol. The van der Waals surface area contributed by atoms with Gasteiger partial charge in [0.1, 0.15) is 5.82 Å². The number of rotatable bonds is 5. The fraction of sp³-hybridized carbons (Fsp3) is 0.111. The van der Waals surface area contributed by atoms with Gasteiger partial charge in [0.2, 0.25) is 0 Å². The van der Waals surface area contributed by atoms with Crippen LogP contribution >= 0.6 is 0 Å². The van der Waals surface area contributed by atoms with Gasteiger partial charge in [-0.2, -0.15) is 0 Å². The lowest BCUT2D eigenvalue weighted by Crippen LogP contribution is -2.22. The highest BCUT2D eigenvalue weighted by molar-refractivity contribution is 5.64. The number of carboxylic acid groups (broad SMARTS) is 1. The highest BCUT2D eigenvalue weighted by atomic mass is 16.4. The molecule has 0 bridgehead atoms. The van der Waals surface area contributed by atoms with Crippen LogP contribution in [0.15, 0.2) is 66.9 Å². The number of aromatic nitrogens is 2. The molecule has 0 fully saturated rings. The number of hydrogen-bond donors (Lipinski definition) is 2. The molecule has 0 spiro atoms. The van der Waals surface area contributed by atoms with E-state index in [-0.39, 0.29) is 6.54 Å². The first-order valence-corrected chi connectivity index (χ1v) is 7.34. The van der Waals surface area contributed by atoms with Crippen LogP contribution in [-0.2, 0) is 13.1 Å². The molecule has 2 aromatic carbocycles. The Hall–Kier alpha value is -3.08. The van der Waals surface area contributed by atoms with E-state index in [0.29, 0.717) is 12.4 Å². The highest BCUT2D eigenvalue weighted by Gasteiger charge is 2.11. The molecule has 0 saturated carbocycles. The van der Waals surface area contributed by atoms with E-state index in [1.807, 2.05) is 71.4 Å². The monoisotopic (exact) mass is 307 g/mol. The maximum absolute atomic E-state index is 10.8. The predicted octanol–water partition coefficient (Wildman–Crippen LogP) is 3.37. The van der Waals surface area contributed by atoms with Gasteiger partial charge < -0.3 is 15.0 Å². The van der Waals surface area contributed by atoms with Crippen LogP contribution in [0.3, 0.4) is 0 Å². The molecular formula is C18H17N3O2. The van der Waals surface area contributed by atoms with Crippen molar-refractivity contribution < 1.29 is 9.90 Å². The molecule has 0 aliphatic heterocycles. The van der Waals surface area contributed by atoms with Crippen molar-refractivity contribution >= 4 is 6.09 Å². The van der Waals surface area contributed by atoms with Gasteiger partial charge in [-0.15, -0.1) is 0 Å². The van der Waals surface area contributed by atoms with E-state index in [1.54, 1.807) is 0 Å². The highest BCUT2D eigenvalue weighted by Crippen LogP contribution is 2.19. The molecule has 5 nitrogen and oxygen atoms in total. The minimum Gasteiger partial charge on any atom is -0.465 e. The minimum absolute atomic E-state index is 0.176. The number of hydrogen-bond acceptors (Lipinski definition) is 2. The summed E-state index contributed by atoms with van der Waals surface area (Å²) in [6.45, 7) is 0.826. The topological polar surface area (TPSA) is 67.2 Å². The summed E-state index contributed by atoms with van der Waals surface area (Å²) in [5, 5.41) is 11.2. The molecule has 0 radical (unpaired) electrons. The number of carbonyl (C=O) groups is 1. The van der Waals surface area contributed by atoms with Gasteiger partial charge in [-0.3, -0.25) is 0 Å². The first kappa shape index (κ1) is 14.8. The summed E-state index contributed by atoms with van der Waals surface area (Å²) >= 11 is 0. The molecule has 0 aliphatic carbocycles. The third-order valence-corrected chi connectivity index (χ3v) is 3.52. The molecule has 23 heavy (non-hydrogen) atoms. The Kier molecular flexibility index (Phi) is 4.38. The SMILES string of the molecule is O=C(O)NCc1nc(-c2ccccc2)cn1Cc1ccccc1. The fourth-order valence-corrected chi connectivity index (χ4v) is 2.42. The molecule has 116 valence electrons. The molecule has 1 aromatic heterocycles. The summed E-state index contributed by atoms with van der Waals surface area (Å²) in [6, 6.07) is 19.9. The molecule has 3 rings (SSSR count). The second-order valence-corrected chi connectivity index (χ2v) is 5.18. The first-order chi connectivity index (χ1) is 11.2. The predicted molar refractivity (Wildman–Crippen MR) is 88.1 cm³/mol. The zero-order chi connectivity index (χ0) is 16.1. The standard InChI is InChI=1S/C18H17N3O2/c22-18(23)19-11-17-20-16(15-9-5-2-6-10-15)13-21(17)12-14-7-3-1-4-8-14/h1-10,13,19H,11-12H2,(H,22,23). The summed E-state index contributed by atoms with van der Waals surface area (Å²) in [4.78, 5) is 15.4. The van der Waals surface area contributed by atoms with Crippen LogP contribution in [0.1, 0.15) is 11.4 Å².